The molecule has 0 aromatic heterocycles. The lowest BCUT2D eigenvalue weighted by Gasteiger charge is -1.94. The quantitative estimate of drug-likeness (QED) is 0.667. The Bertz CT molecular complexity index is 132. The minimum atomic E-state index is -0.833. The molecule has 0 saturated heterocycles. The second kappa shape index (κ2) is 8.96. The third-order valence-corrected chi connectivity index (χ3v) is 0.833. The van der Waals surface area contributed by atoms with Gasteiger partial charge in [0, 0.05) is 13.3 Å². The molecule has 0 aromatic carbocycles. The molecule has 0 aliphatic carbocycles. The van der Waals surface area contributed by atoms with E-state index < -0.39 is 5.97 Å². The summed E-state index contributed by atoms with van der Waals surface area (Å²) in [5, 5.41) is 15.5. The number of carboxylic acid groups (broad SMARTS) is 1. The summed E-state index contributed by atoms with van der Waals surface area (Å²) in [5.41, 5.74) is 0. The summed E-state index contributed by atoms with van der Waals surface area (Å²) in [6.45, 7) is 5.33. The smallest absolute Gasteiger partial charge is 0.300 e. The van der Waals surface area contributed by atoms with Crippen molar-refractivity contribution in [3.63, 3.8) is 0 Å². The number of rotatable bonds is 2. The van der Waals surface area contributed by atoms with E-state index in [2.05, 4.69) is 19.9 Å². The Labute approximate surface area is 67.6 Å². The molecule has 0 atom stereocenters. The molecule has 1 N–H and O–H groups in total. The Hall–Kier alpha value is -1.04. The normalized spacial score (nSPS) is 7.91. The maximum Gasteiger partial charge on any atom is 0.300 e. The Kier molecular flexibility index (Phi) is 10.3. The summed E-state index contributed by atoms with van der Waals surface area (Å²) in [6.07, 6.45) is 1.74. The molecule has 0 bridgehead atoms. The summed E-state index contributed by atoms with van der Waals surface area (Å²) in [6, 6.07) is 2.10. The fraction of sp³-hybridized carbons (Fsp3) is 0.750. The number of nitriles is 1. The van der Waals surface area contributed by atoms with E-state index >= 15 is 0 Å². The standard InChI is InChI=1S/C6H11N.C2H4O2/c1-6(2)4-3-5-7;1-2(3)4/h6H,3-4H2,1-2H3;1H3,(H,3,4). The van der Waals surface area contributed by atoms with Crippen LogP contribution < -0.4 is 0 Å². The van der Waals surface area contributed by atoms with Crippen molar-refractivity contribution in [2.45, 2.75) is 33.6 Å². The van der Waals surface area contributed by atoms with Crippen molar-refractivity contribution in [2.24, 2.45) is 5.92 Å². The SMILES string of the molecule is CC(=O)O.CC(C)CCC#N. The summed E-state index contributed by atoms with van der Waals surface area (Å²) in [4.78, 5) is 9.00. The maximum absolute atomic E-state index is 9.00. The summed E-state index contributed by atoms with van der Waals surface area (Å²) in [7, 11) is 0. The van der Waals surface area contributed by atoms with Gasteiger partial charge in [0.15, 0.2) is 0 Å². The Balaban J connectivity index is 0. The van der Waals surface area contributed by atoms with Gasteiger partial charge in [0.2, 0.25) is 0 Å². The second-order valence-electron chi connectivity index (χ2n) is 2.61. The molecule has 0 amide bonds. The molecule has 0 aliphatic rings. The van der Waals surface area contributed by atoms with Crippen molar-refractivity contribution in [2.75, 3.05) is 0 Å². The van der Waals surface area contributed by atoms with Crippen LogP contribution in [0.4, 0.5) is 0 Å². The molecular formula is C8H15NO2. The van der Waals surface area contributed by atoms with Crippen molar-refractivity contribution in [3.05, 3.63) is 0 Å². The molecule has 0 aliphatic heterocycles. The molecule has 0 fully saturated rings. The van der Waals surface area contributed by atoms with Gasteiger partial charge in [-0.1, -0.05) is 13.8 Å². The van der Waals surface area contributed by atoms with E-state index in [1.807, 2.05) is 0 Å². The lowest BCUT2D eigenvalue weighted by molar-refractivity contribution is -0.134. The van der Waals surface area contributed by atoms with Gasteiger partial charge in [-0.15, -0.1) is 0 Å². The van der Waals surface area contributed by atoms with Gasteiger partial charge < -0.3 is 5.11 Å². The molecule has 0 rings (SSSR count). The Morgan fingerprint density at radius 3 is 2.09 bits per heavy atom. The van der Waals surface area contributed by atoms with Crippen molar-refractivity contribution in [1.29, 1.82) is 5.26 Å². The van der Waals surface area contributed by atoms with Gasteiger partial charge in [0.25, 0.3) is 5.97 Å². The Morgan fingerprint density at radius 2 is 2.00 bits per heavy atom. The fourth-order valence-electron chi connectivity index (χ4n) is 0.353. The molecule has 0 unspecified atom stereocenters. The first-order valence-electron chi connectivity index (χ1n) is 3.57. The average molecular weight is 157 g/mol. The first kappa shape index (κ1) is 12.6. The zero-order valence-corrected chi connectivity index (χ0v) is 7.29. The van der Waals surface area contributed by atoms with E-state index in [9.17, 15) is 0 Å². The summed E-state index contributed by atoms with van der Waals surface area (Å²) < 4.78 is 0. The number of nitrogens with zero attached hydrogens (tertiary/aromatic N) is 1. The van der Waals surface area contributed by atoms with Crippen LogP contribution >= 0.6 is 0 Å². The summed E-state index contributed by atoms with van der Waals surface area (Å²) in [5.74, 6) is -0.153. The van der Waals surface area contributed by atoms with Crippen LogP contribution in [0, 0.1) is 17.2 Å². The highest BCUT2D eigenvalue weighted by atomic mass is 16.4. The van der Waals surface area contributed by atoms with E-state index in [4.69, 9.17) is 15.2 Å². The number of hydrogen-bond acceptors (Lipinski definition) is 2. The van der Waals surface area contributed by atoms with Crippen LogP contribution in [0.25, 0.3) is 0 Å². The molecule has 3 heteroatoms. The van der Waals surface area contributed by atoms with Crippen LogP contribution in [-0.2, 0) is 4.79 Å². The van der Waals surface area contributed by atoms with Gasteiger partial charge in [-0.25, -0.2) is 0 Å². The largest absolute Gasteiger partial charge is 0.481 e. The molecule has 64 valence electrons. The van der Waals surface area contributed by atoms with Crippen LogP contribution in [0.1, 0.15) is 33.6 Å². The molecule has 3 nitrogen and oxygen atoms in total. The minimum Gasteiger partial charge on any atom is -0.481 e. The van der Waals surface area contributed by atoms with Crippen molar-refractivity contribution in [3.8, 4) is 6.07 Å². The lowest BCUT2D eigenvalue weighted by Crippen LogP contribution is -1.82. The van der Waals surface area contributed by atoms with Gasteiger partial charge in [-0.05, 0) is 12.3 Å². The molecule has 0 spiro atoms. The van der Waals surface area contributed by atoms with E-state index in [0.717, 1.165) is 13.3 Å². The third kappa shape index (κ3) is 49.5. The topological polar surface area (TPSA) is 61.1 Å². The second-order valence-corrected chi connectivity index (χ2v) is 2.61. The van der Waals surface area contributed by atoms with Crippen molar-refractivity contribution in [1.82, 2.24) is 0 Å². The fourth-order valence-corrected chi connectivity index (χ4v) is 0.353. The first-order valence-corrected chi connectivity index (χ1v) is 3.57. The van der Waals surface area contributed by atoms with Crippen LogP contribution in [0.5, 0.6) is 0 Å². The van der Waals surface area contributed by atoms with Crippen molar-refractivity contribution >= 4 is 5.97 Å². The van der Waals surface area contributed by atoms with E-state index in [1.54, 1.807) is 0 Å². The monoisotopic (exact) mass is 157 g/mol. The number of carboxylic acids is 1. The molecular weight excluding hydrogens is 142 g/mol. The predicted octanol–water partition coefficient (Wildman–Crippen LogP) is 2.04. The van der Waals surface area contributed by atoms with Gasteiger partial charge in [-0.3, -0.25) is 4.79 Å². The third-order valence-electron chi connectivity index (χ3n) is 0.833. The van der Waals surface area contributed by atoms with Gasteiger partial charge in [-0.2, -0.15) is 5.26 Å². The van der Waals surface area contributed by atoms with Crippen LogP contribution in [0.15, 0.2) is 0 Å². The zero-order chi connectivity index (χ0) is 9.28. The number of hydrogen-bond donors (Lipinski definition) is 1. The minimum absolute atomic E-state index is 0.680. The Morgan fingerprint density at radius 1 is 1.64 bits per heavy atom. The average Bonchev–Trinajstić information content (AvgIpc) is 1.82. The summed E-state index contributed by atoms with van der Waals surface area (Å²) >= 11 is 0. The number of aliphatic carboxylic acids is 1. The number of carbonyl (C=O) groups is 1. The van der Waals surface area contributed by atoms with E-state index in [1.165, 1.54) is 0 Å². The first-order chi connectivity index (χ1) is 5.00. The van der Waals surface area contributed by atoms with Crippen LogP contribution in [0.3, 0.4) is 0 Å². The highest BCUT2D eigenvalue weighted by Gasteiger charge is 1.88. The highest BCUT2D eigenvalue weighted by Crippen LogP contribution is 2.00. The van der Waals surface area contributed by atoms with Gasteiger partial charge in [0.1, 0.15) is 0 Å². The van der Waals surface area contributed by atoms with Gasteiger partial charge >= 0.3 is 0 Å². The van der Waals surface area contributed by atoms with Crippen LogP contribution in [0.2, 0.25) is 0 Å². The predicted molar refractivity (Wildman–Crippen MR) is 43.0 cm³/mol. The molecule has 0 aromatic rings. The molecule has 11 heavy (non-hydrogen) atoms. The molecule has 0 radical (unpaired) electrons. The lowest BCUT2D eigenvalue weighted by atomic mass is 10.1. The van der Waals surface area contributed by atoms with E-state index in [0.29, 0.717) is 12.3 Å². The highest BCUT2D eigenvalue weighted by molar-refractivity contribution is 5.62. The van der Waals surface area contributed by atoms with Crippen molar-refractivity contribution < 1.29 is 9.90 Å². The molecule has 0 heterocycles. The maximum atomic E-state index is 9.00. The van der Waals surface area contributed by atoms with Gasteiger partial charge in [0.05, 0.1) is 6.07 Å². The van der Waals surface area contributed by atoms with E-state index in [-0.39, 0.29) is 0 Å². The zero-order valence-electron chi connectivity index (χ0n) is 7.29. The van der Waals surface area contributed by atoms with Crippen LogP contribution in [-0.4, -0.2) is 11.1 Å². The molecule has 0 saturated carbocycles.